The van der Waals surface area contributed by atoms with E-state index in [0.717, 1.165) is 10.5 Å². The fraction of sp³-hybridized carbons (Fsp3) is 0.571. The first-order chi connectivity index (χ1) is 7.04. The van der Waals surface area contributed by atoms with Crippen LogP contribution in [-0.4, -0.2) is 47.7 Å². The molecule has 15 heavy (non-hydrogen) atoms. The maximum atomic E-state index is 11.9. The predicted octanol–water partition coefficient (Wildman–Crippen LogP) is -1.01. The summed E-state index contributed by atoms with van der Waals surface area (Å²) in [7, 11) is -3.65. The standard InChI is InChI=1S/C7H14N4O3S/c1-2-11(3-4-12)15(13,14)6-5-9-10-7(6)8/h5,12H,2-4H2,1H3,(H3,8,9,10). The quantitative estimate of drug-likeness (QED) is 0.604. The van der Waals surface area contributed by atoms with Crippen molar-refractivity contribution in [2.24, 2.45) is 0 Å². The molecule has 0 fully saturated rings. The lowest BCUT2D eigenvalue weighted by molar-refractivity contribution is 0.257. The number of anilines is 1. The van der Waals surface area contributed by atoms with Crippen LogP contribution in [0, 0.1) is 0 Å². The molecule has 0 saturated carbocycles. The number of nitrogen functional groups attached to an aromatic ring is 1. The fourth-order valence-corrected chi connectivity index (χ4v) is 2.64. The van der Waals surface area contributed by atoms with Gasteiger partial charge in [-0.05, 0) is 0 Å². The molecule has 0 spiro atoms. The maximum absolute atomic E-state index is 11.9. The van der Waals surface area contributed by atoms with Gasteiger partial charge in [-0.25, -0.2) is 8.42 Å². The van der Waals surface area contributed by atoms with Gasteiger partial charge in [0, 0.05) is 13.1 Å². The molecule has 0 atom stereocenters. The number of aliphatic hydroxyl groups is 1. The zero-order valence-corrected chi connectivity index (χ0v) is 9.16. The van der Waals surface area contributed by atoms with E-state index in [1.807, 2.05) is 0 Å². The summed E-state index contributed by atoms with van der Waals surface area (Å²) in [6.45, 7) is 1.77. The molecule has 1 aromatic heterocycles. The second-order valence-electron chi connectivity index (χ2n) is 2.87. The number of sulfonamides is 1. The average Bonchev–Trinajstić information content (AvgIpc) is 2.61. The van der Waals surface area contributed by atoms with Gasteiger partial charge in [0.25, 0.3) is 0 Å². The highest BCUT2D eigenvalue weighted by Gasteiger charge is 2.26. The molecular formula is C7H14N4O3S. The molecule has 0 amide bonds. The van der Waals surface area contributed by atoms with Crippen LogP contribution in [0.5, 0.6) is 0 Å². The molecule has 1 heterocycles. The van der Waals surface area contributed by atoms with E-state index in [9.17, 15) is 8.42 Å². The van der Waals surface area contributed by atoms with E-state index in [1.54, 1.807) is 6.92 Å². The van der Waals surface area contributed by atoms with Crippen molar-refractivity contribution in [3.05, 3.63) is 6.20 Å². The highest BCUT2D eigenvalue weighted by molar-refractivity contribution is 7.89. The second-order valence-corrected chi connectivity index (χ2v) is 4.77. The van der Waals surface area contributed by atoms with Crippen LogP contribution in [-0.2, 0) is 10.0 Å². The zero-order valence-electron chi connectivity index (χ0n) is 8.34. The lowest BCUT2D eigenvalue weighted by Crippen LogP contribution is -2.33. The Morgan fingerprint density at radius 2 is 2.33 bits per heavy atom. The molecule has 0 unspecified atom stereocenters. The first kappa shape index (κ1) is 12.0. The lowest BCUT2D eigenvalue weighted by atomic mass is 10.6. The molecule has 1 rings (SSSR count). The van der Waals surface area contributed by atoms with Gasteiger partial charge in [0.05, 0.1) is 12.8 Å². The van der Waals surface area contributed by atoms with Crippen LogP contribution in [0.1, 0.15) is 6.92 Å². The van der Waals surface area contributed by atoms with Crippen molar-refractivity contribution in [3.8, 4) is 0 Å². The third kappa shape index (κ3) is 2.28. The summed E-state index contributed by atoms with van der Waals surface area (Å²) >= 11 is 0. The highest BCUT2D eigenvalue weighted by Crippen LogP contribution is 2.18. The van der Waals surface area contributed by atoms with Crippen LogP contribution >= 0.6 is 0 Å². The van der Waals surface area contributed by atoms with Crippen molar-refractivity contribution in [2.45, 2.75) is 11.8 Å². The Morgan fingerprint density at radius 1 is 1.67 bits per heavy atom. The average molecular weight is 234 g/mol. The molecule has 0 aromatic carbocycles. The molecule has 4 N–H and O–H groups in total. The Kier molecular flexibility index (Phi) is 3.66. The van der Waals surface area contributed by atoms with Crippen molar-refractivity contribution in [3.63, 3.8) is 0 Å². The van der Waals surface area contributed by atoms with Gasteiger partial charge >= 0.3 is 0 Å². The Hall–Kier alpha value is -1.12. The van der Waals surface area contributed by atoms with Gasteiger partial charge in [-0.2, -0.15) is 9.40 Å². The zero-order chi connectivity index (χ0) is 11.5. The number of aromatic nitrogens is 2. The first-order valence-corrected chi connectivity index (χ1v) is 5.88. The predicted molar refractivity (Wildman–Crippen MR) is 54.5 cm³/mol. The smallest absolute Gasteiger partial charge is 0.248 e. The number of hydrogen-bond acceptors (Lipinski definition) is 5. The van der Waals surface area contributed by atoms with Gasteiger partial charge in [0.15, 0.2) is 0 Å². The highest BCUT2D eigenvalue weighted by atomic mass is 32.2. The summed E-state index contributed by atoms with van der Waals surface area (Å²) < 4.78 is 25.0. The van der Waals surface area contributed by atoms with Crippen molar-refractivity contribution < 1.29 is 13.5 Å². The number of likely N-dealkylation sites (N-methyl/N-ethyl adjacent to an activating group) is 1. The third-order valence-corrected chi connectivity index (χ3v) is 3.95. The molecule has 0 aliphatic rings. The topological polar surface area (TPSA) is 112 Å². The van der Waals surface area contributed by atoms with Gasteiger partial charge in [-0.3, -0.25) is 5.10 Å². The van der Waals surface area contributed by atoms with Crippen molar-refractivity contribution in [2.75, 3.05) is 25.4 Å². The maximum Gasteiger partial charge on any atom is 0.248 e. The van der Waals surface area contributed by atoms with E-state index in [0.29, 0.717) is 0 Å². The van der Waals surface area contributed by atoms with Gasteiger partial charge in [0.1, 0.15) is 10.7 Å². The molecule has 7 nitrogen and oxygen atoms in total. The molecule has 1 aromatic rings. The molecule has 0 aliphatic heterocycles. The minimum Gasteiger partial charge on any atom is -0.395 e. The summed E-state index contributed by atoms with van der Waals surface area (Å²) in [5.41, 5.74) is 5.43. The minimum atomic E-state index is -3.65. The van der Waals surface area contributed by atoms with Crippen molar-refractivity contribution in [1.82, 2.24) is 14.5 Å². The third-order valence-electron chi connectivity index (χ3n) is 1.95. The molecule has 0 bridgehead atoms. The van der Waals surface area contributed by atoms with Gasteiger partial charge in [-0.1, -0.05) is 6.92 Å². The number of hydrogen-bond donors (Lipinski definition) is 3. The summed E-state index contributed by atoms with van der Waals surface area (Å²) in [6, 6.07) is 0. The minimum absolute atomic E-state index is 0.00592. The number of nitrogens with two attached hydrogens (primary N) is 1. The van der Waals surface area contributed by atoms with Crippen LogP contribution in [0.2, 0.25) is 0 Å². The van der Waals surface area contributed by atoms with Gasteiger partial charge < -0.3 is 10.8 Å². The van der Waals surface area contributed by atoms with Crippen LogP contribution in [0.25, 0.3) is 0 Å². The Morgan fingerprint density at radius 3 is 2.73 bits per heavy atom. The van der Waals surface area contributed by atoms with E-state index in [2.05, 4.69) is 10.2 Å². The normalized spacial score (nSPS) is 12.2. The van der Waals surface area contributed by atoms with Gasteiger partial charge in [0.2, 0.25) is 10.0 Å². The molecule has 0 radical (unpaired) electrons. The van der Waals surface area contributed by atoms with E-state index < -0.39 is 10.0 Å². The number of aromatic amines is 1. The largest absolute Gasteiger partial charge is 0.395 e. The number of rotatable bonds is 5. The van der Waals surface area contributed by atoms with E-state index >= 15 is 0 Å². The number of aliphatic hydroxyl groups excluding tert-OH is 1. The number of nitrogens with zero attached hydrogens (tertiary/aromatic N) is 2. The first-order valence-electron chi connectivity index (χ1n) is 4.43. The van der Waals surface area contributed by atoms with E-state index in [-0.39, 0.29) is 30.4 Å². The van der Waals surface area contributed by atoms with Crippen LogP contribution < -0.4 is 5.73 Å². The lowest BCUT2D eigenvalue weighted by Gasteiger charge is -2.18. The molecular weight excluding hydrogens is 220 g/mol. The van der Waals surface area contributed by atoms with Crippen molar-refractivity contribution in [1.29, 1.82) is 0 Å². The monoisotopic (exact) mass is 234 g/mol. The SMILES string of the molecule is CCN(CCO)S(=O)(=O)c1cn[nH]c1N. The Balaban J connectivity index is 3.06. The summed E-state index contributed by atoms with van der Waals surface area (Å²) in [5, 5.41) is 14.6. The summed E-state index contributed by atoms with van der Waals surface area (Å²) in [6.07, 6.45) is 1.16. The Labute approximate surface area is 87.9 Å². The molecule has 0 saturated heterocycles. The van der Waals surface area contributed by atoms with Crippen LogP contribution in [0.15, 0.2) is 11.1 Å². The molecule has 8 heteroatoms. The van der Waals surface area contributed by atoms with Crippen LogP contribution in [0.3, 0.4) is 0 Å². The van der Waals surface area contributed by atoms with E-state index in [4.69, 9.17) is 10.8 Å². The number of nitrogens with one attached hydrogen (secondary N) is 1. The van der Waals surface area contributed by atoms with Crippen molar-refractivity contribution >= 4 is 15.8 Å². The number of H-pyrrole nitrogens is 1. The van der Waals surface area contributed by atoms with Crippen LogP contribution in [0.4, 0.5) is 5.82 Å². The van der Waals surface area contributed by atoms with Gasteiger partial charge in [-0.15, -0.1) is 0 Å². The second kappa shape index (κ2) is 4.60. The van der Waals surface area contributed by atoms with E-state index in [1.165, 1.54) is 0 Å². The Bertz CT molecular complexity index is 414. The molecule has 0 aliphatic carbocycles. The summed E-state index contributed by atoms with van der Waals surface area (Å²) in [5.74, 6) is 0.00592. The summed E-state index contributed by atoms with van der Waals surface area (Å²) in [4.78, 5) is -0.0576. The molecule has 86 valence electrons. The fourth-order valence-electron chi connectivity index (χ4n) is 1.19.